The molecule has 0 atom stereocenters. The van der Waals surface area contributed by atoms with Crippen LogP contribution in [0.5, 0.6) is 0 Å². The van der Waals surface area contributed by atoms with Crippen molar-refractivity contribution in [1.29, 1.82) is 0 Å². The van der Waals surface area contributed by atoms with Gasteiger partial charge in [-0.2, -0.15) is 0 Å². The van der Waals surface area contributed by atoms with Crippen LogP contribution in [0.15, 0.2) is 43.0 Å². The normalized spacial score (nSPS) is 7.85. The summed E-state index contributed by atoms with van der Waals surface area (Å²) in [6.45, 7) is 3.16. The number of hydrogen-bond donors (Lipinski definition) is 0. The molecule has 0 amide bonds. The third-order valence-corrected chi connectivity index (χ3v) is 1.10. The van der Waals surface area contributed by atoms with E-state index in [1.54, 1.807) is 18.2 Å². The fraction of sp³-hybridized carbons (Fsp3) is 0.100. The molecular formula is C10H11FO2. The Hall–Kier alpha value is -1.64. The molecule has 0 aromatic heterocycles. The second kappa shape index (κ2) is 7.03. The van der Waals surface area contributed by atoms with E-state index < -0.39 is 5.97 Å². The van der Waals surface area contributed by atoms with Gasteiger partial charge < -0.3 is 4.74 Å². The predicted molar refractivity (Wildman–Crippen MR) is 48.6 cm³/mol. The van der Waals surface area contributed by atoms with E-state index in [2.05, 4.69) is 11.3 Å². The second-order valence-corrected chi connectivity index (χ2v) is 2.02. The summed E-state index contributed by atoms with van der Waals surface area (Å²) in [4.78, 5) is 9.84. The van der Waals surface area contributed by atoms with Crippen molar-refractivity contribution in [2.45, 2.75) is 0 Å². The van der Waals surface area contributed by atoms with Crippen LogP contribution in [0.4, 0.5) is 4.39 Å². The van der Waals surface area contributed by atoms with Gasteiger partial charge >= 0.3 is 5.97 Å². The van der Waals surface area contributed by atoms with Gasteiger partial charge in [-0.25, -0.2) is 9.18 Å². The molecule has 0 radical (unpaired) electrons. The molecule has 0 fully saturated rings. The number of carbonyl (C=O) groups excluding carboxylic acids is 1. The highest BCUT2D eigenvalue weighted by Gasteiger charge is 1.81. The van der Waals surface area contributed by atoms with E-state index in [-0.39, 0.29) is 5.82 Å². The Morgan fingerprint density at radius 1 is 1.46 bits per heavy atom. The maximum Gasteiger partial charge on any atom is 0.329 e. The number of hydrogen-bond acceptors (Lipinski definition) is 2. The van der Waals surface area contributed by atoms with Gasteiger partial charge in [0.2, 0.25) is 0 Å². The zero-order valence-electron chi connectivity index (χ0n) is 7.37. The van der Waals surface area contributed by atoms with Crippen LogP contribution in [-0.2, 0) is 9.53 Å². The van der Waals surface area contributed by atoms with Crippen LogP contribution < -0.4 is 0 Å². The molecule has 1 aromatic rings. The number of methoxy groups -OCH3 is 1. The lowest BCUT2D eigenvalue weighted by atomic mass is 10.4. The minimum Gasteiger partial charge on any atom is -0.466 e. The van der Waals surface area contributed by atoms with Gasteiger partial charge in [-0.3, -0.25) is 0 Å². The molecule has 0 bridgehead atoms. The first-order chi connectivity index (χ1) is 6.20. The van der Waals surface area contributed by atoms with Gasteiger partial charge in [0.15, 0.2) is 0 Å². The highest BCUT2D eigenvalue weighted by molar-refractivity contribution is 5.80. The average molecular weight is 182 g/mol. The molecule has 2 nitrogen and oxygen atoms in total. The van der Waals surface area contributed by atoms with Crippen molar-refractivity contribution in [1.82, 2.24) is 0 Å². The lowest BCUT2D eigenvalue weighted by molar-refractivity contribution is -0.134. The van der Waals surface area contributed by atoms with E-state index in [0.29, 0.717) is 0 Å². The summed E-state index contributed by atoms with van der Waals surface area (Å²) < 4.78 is 16.0. The maximum absolute atomic E-state index is 11.9. The third kappa shape index (κ3) is 6.75. The minimum atomic E-state index is -0.394. The van der Waals surface area contributed by atoms with Gasteiger partial charge in [-0.05, 0) is 12.1 Å². The number of ether oxygens (including phenoxy) is 1. The molecule has 3 heteroatoms. The summed E-state index contributed by atoms with van der Waals surface area (Å²) in [5.74, 6) is -0.572. The standard InChI is InChI=1S/C6H5F.C4H6O2/c7-6-4-2-1-3-5-6;1-3-4(5)6-2/h1-5H;3H,1H2,2H3. The van der Waals surface area contributed by atoms with Crippen LogP contribution in [0.25, 0.3) is 0 Å². The third-order valence-electron chi connectivity index (χ3n) is 1.10. The van der Waals surface area contributed by atoms with Crippen molar-refractivity contribution in [3.63, 3.8) is 0 Å². The number of halogens is 1. The van der Waals surface area contributed by atoms with E-state index >= 15 is 0 Å². The summed E-state index contributed by atoms with van der Waals surface area (Å²) in [5.41, 5.74) is 0. The molecule has 0 unspecified atom stereocenters. The molecule has 0 saturated heterocycles. The first-order valence-electron chi connectivity index (χ1n) is 3.61. The number of rotatable bonds is 1. The van der Waals surface area contributed by atoms with Gasteiger partial charge in [-0.1, -0.05) is 24.8 Å². The Bertz CT molecular complexity index is 257. The fourth-order valence-electron chi connectivity index (χ4n) is 0.498. The smallest absolute Gasteiger partial charge is 0.329 e. The van der Waals surface area contributed by atoms with E-state index in [1.165, 1.54) is 19.2 Å². The quantitative estimate of drug-likeness (QED) is 0.491. The van der Waals surface area contributed by atoms with Gasteiger partial charge in [0.1, 0.15) is 5.82 Å². The van der Waals surface area contributed by atoms with Crippen molar-refractivity contribution >= 4 is 5.97 Å². The van der Waals surface area contributed by atoms with Crippen molar-refractivity contribution < 1.29 is 13.9 Å². The van der Waals surface area contributed by atoms with Crippen LogP contribution in [0.3, 0.4) is 0 Å². The summed E-state index contributed by atoms with van der Waals surface area (Å²) >= 11 is 0. The monoisotopic (exact) mass is 182 g/mol. The van der Waals surface area contributed by atoms with Gasteiger partial charge in [-0.15, -0.1) is 0 Å². The van der Waals surface area contributed by atoms with Gasteiger partial charge in [0.25, 0.3) is 0 Å². The molecule has 1 aromatic carbocycles. The largest absolute Gasteiger partial charge is 0.466 e. The Labute approximate surface area is 76.6 Å². The fourth-order valence-corrected chi connectivity index (χ4v) is 0.498. The van der Waals surface area contributed by atoms with E-state index in [0.717, 1.165) is 6.08 Å². The molecule has 1 rings (SSSR count). The lowest BCUT2D eigenvalue weighted by Gasteiger charge is -1.83. The van der Waals surface area contributed by atoms with Crippen LogP contribution >= 0.6 is 0 Å². The molecule has 0 saturated carbocycles. The van der Waals surface area contributed by atoms with E-state index in [1.807, 2.05) is 0 Å². The topological polar surface area (TPSA) is 26.3 Å². The Balaban J connectivity index is 0.000000226. The van der Waals surface area contributed by atoms with E-state index in [4.69, 9.17) is 0 Å². The maximum atomic E-state index is 11.9. The number of benzene rings is 1. The van der Waals surface area contributed by atoms with E-state index in [9.17, 15) is 9.18 Å². The zero-order valence-corrected chi connectivity index (χ0v) is 7.37. The first-order valence-corrected chi connectivity index (χ1v) is 3.61. The molecule has 70 valence electrons. The Kier molecular flexibility index (Phi) is 6.15. The first kappa shape index (κ1) is 11.4. The molecule has 0 aliphatic carbocycles. The molecular weight excluding hydrogens is 171 g/mol. The van der Waals surface area contributed by atoms with Crippen molar-refractivity contribution in [2.75, 3.05) is 7.11 Å². The van der Waals surface area contributed by atoms with Crippen LogP contribution in [0, 0.1) is 5.82 Å². The summed E-state index contributed by atoms with van der Waals surface area (Å²) in [6.07, 6.45) is 1.11. The highest BCUT2D eigenvalue weighted by Crippen LogP contribution is 1.91. The summed E-state index contributed by atoms with van der Waals surface area (Å²) in [7, 11) is 1.31. The molecule has 0 aliphatic rings. The minimum absolute atomic E-state index is 0.178. The highest BCUT2D eigenvalue weighted by atomic mass is 19.1. The molecule has 0 aliphatic heterocycles. The van der Waals surface area contributed by atoms with Gasteiger partial charge in [0.05, 0.1) is 7.11 Å². The Morgan fingerprint density at radius 3 is 2.15 bits per heavy atom. The van der Waals surface area contributed by atoms with Crippen molar-refractivity contribution in [3.05, 3.63) is 48.8 Å². The van der Waals surface area contributed by atoms with Crippen LogP contribution in [-0.4, -0.2) is 13.1 Å². The molecule has 13 heavy (non-hydrogen) atoms. The molecule has 0 heterocycles. The second-order valence-electron chi connectivity index (χ2n) is 2.02. The summed E-state index contributed by atoms with van der Waals surface area (Å²) in [6, 6.07) is 7.94. The lowest BCUT2D eigenvalue weighted by Crippen LogP contribution is -1.91. The van der Waals surface area contributed by atoms with Crippen LogP contribution in [0.2, 0.25) is 0 Å². The van der Waals surface area contributed by atoms with Crippen molar-refractivity contribution in [2.24, 2.45) is 0 Å². The van der Waals surface area contributed by atoms with Gasteiger partial charge in [0, 0.05) is 6.08 Å². The molecule has 0 N–H and O–H groups in total. The summed E-state index contributed by atoms with van der Waals surface area (Å²) in [5, 5.41) is 0. The van der Waals surface area contributed by atoms with Crippen LogP contribution in [0.1, 0.15) is 0 Å². The molecule has 0 spiro atoms. The zero-order chi connectivity index (χ0) is 10.1. The predicted octanol–water partition coefficient (Wildman–Crippen LogP) is 2.17. The average Bonchev–Trinajstić information content (AvgIpc) is 2.19. The Morgan fingerprint density at radius 2 is 2.00 bits per heavy atom. The SMILES string of the molecule is C=CC(=O)OC.Fc1ccccc1. The number of carbonyl (C=O) groups is 1. The van der Waals surface area contributed by atoms with Crippen molar-refractivity contribution in [3.8, 4) is 0 Å². The number of esters is 1.